The minimum absolute atomic E-state index is 0.752. The molecule has 2 aromatic rings. The van der Waals surface area contributed by atoms with E-state index < -0.39 is 0 Å². The van der Waals surface area contributed by atoms with Gasteiger partial charge in [0.2, 0.25) is 0 Å². The van der Waals surface area contributed by atoms with Gasteiger partial charge in [-0.05, 0) is 18.6 Å². The molecule has 15 heavy (non-hydrogen) atoms. The maximum absolute atomic E-state index is 6.06. The third-order valence-electron chi connectivity index (χ3n) is 2.17. The summed E-state index contributed by atoms with van der Waals surface area (Å²) in [6.07, 6.45) is 0. The van der Waals surface area contributed by atoms with E-state index in [1.54, 1.807) is 0 Å². The Labute approximate surface area is 97.4 Å². The topological polar surface area (TPSA) is 37.8 Å². The van der Waals surface area contributed by atoms with Crippen molar-refractivity contribution in [2.75, 3.05) is 12.4 Å². The van der Waals surface area contributed by atoms with Gasteiger partial charge in [0.25, 0.3) is 0 Å². The largest absolute Gasteiger partial charge is 0.370 e. The summed E-state index contributed by atoms with van der Waals surface area (Å²) in [6, 6.07) is 5.89. The van der Waals surface area contributed by atoms with Crippen molar-refractivity contribution in [3.8, 4) is 11.3 Å². The standard InChI is InChI=1S/C10H10ClN3S/c1-6-3-4-7(5-8(6)11)9-10(12-2)14-15-13-9/h3-5H,1-2H3,(H,12,14). The maximum atomic E-state index is 6.06. The highest BCUT2D eigenvalue weighted by Gasteiger charge is 2.09. The summed E-state index contributed by atoms with van der Waals surface area (Å²) in [7, 11) is 1.83. The highest BCUT2D eigenvalue weighted by Crippen LogP contribution is 2.28. The Bertz CT molecular complexity index is 481. The quantitative estimate of drug-likeness (QED) is 0.875. The molecule has 5 heteroatoms. The molecule has 78 valence electrons. The minimum atomic E-state index is 0.752. The molecule has 0 bridgehead atoms. The number of benzene rings is 1. The molecule has 0 spiro atoms. The third kappa shape index (κ3) is 1.96. The lowest BCUT2D eigenvalue weighted by atomic mass is 10.1. The average molecular weight is 240 g/mol. The van der Waals surface area contributed by atoms with Gasteiger partial charge in [0.15, 0.2) is 5.82 Å². The van der Waals surface area contributed by atoms with Crippen LogP contribution in [0, 0.1) is 6.92 Å². The number of halogens is 1. The highest BCUT2D eigenvalue weighted by molar-refractivity contribution is 6.99. The number of nitrogens with zero attached hydrogens (tertiary/aromatic N) is 2. The predicted molar refractivity (Wildman–Crippen MR) is 64.6 cm³/mol. The zero-order valence-corrected chi connectivity index (χ0v) is 9.99. The van der Waals surface area contributed by atoms with Gasteiger partial charge in [-0.1, -0.05) is 23.7 Å². The van der Waals surface area contributed by atoms with Gasteiger partial charge in [0, 0.05) is 17.6 Å². The van der Waals surface area contributed by atoms with Crippen LogP contribution in [-0.4, -0.2) is 15.8 Å². The Hall–Kier alpha value is -1.13. The van der Waals surface area contributed by atoms with Crippen molar-refractivity contribution in [3.05, 3.63) is 28.8 Å². The van der Waals surface area contributed by atoms with Crippen LogP contribution in [0.2, 0.25) is 5.02 Å². The van der Waals surface area contributed by atoms with Crippen molar-refractivity contribution in [1.82, 2.24) is 8.75 Å². The van der Waals surface area contributed by atoms with Gasteiger partial charge in [0.05, 0.1) is 11.7 Å². The SMILES string of the molecule is CNc1nsnc1-c1ccc(C)c(Cl)c1. The number of anilines is 1. The predicted octanol–water partition coefficient (Wildman–Crippen LogP) is 3.21. The summed E-state index contributed by atoms with van der Waals surface area (Å²) in [4.78, 5) is 0. The summed E-state index contributed by atoms with van der Waals surface area (Å²) < 4.78 is 8.38. The van der Waals surface area contributed by atoms with Crippen LogP contribution in [0.4, 0.5) is 5.82 Å². The molecule has 1 aromatic heterocycles. The summed E-state index contributed by atoms with van der Waals surface area (Å²) in [5.41, 5.74) is 2.91. The van der Waals surface area contributed by atoms with E-state index in [0.29, 0.717) is 0 Å². The van der Waals surface area contributed by atoms with E-state index in [1.807, 2.05) is 32.2 Å². The van der Waals surface area contributed by atoms with Gasteiger partial charge in [-0.2, -0.15) is 8.75 Å². The molecule has 2 rings (SSSR count). The van der Waals surface area contributed by atoms with E-state index in [2.05, 4.69) is 14.1 Å². The number of aromatic nitrogens is 2. The second kappa shape index (κ2) is 4.16. The van der Waals surface area contributed by atoms with Crippen molar-refractivity contribution in [2.45, 2.75) is 6.92 Å². The summed E-state index contributed by atoms with van der Waals surface area (Å²) in [5.74, 6) is 0.792. The molecule has 1 N–H and O–H groups in total. The van der Waals surface area contributed by atoms with Gasteiger partial charge in [-0.25, -0.2) is 0 Å². The summed E-state index contributed by atoms with van der Waals surface area (Å²) in [6.45, 7) is 1.98. The van der Waals surface area contributed by atoms with Crippen LogP contribution in [0.5, 0.6) is 0 Å². The van der Waals surface area contributed by atoms with Gasteiger partial charge in [-0.15, -0.1) is 0 Å². The average Bonchev–Trinajstić information content (AvgIpc) is 2.70. The van der Waals surface area contributed by atoms with Crippen LogP contribution in [0.3, 0.4) is 0 Å². The molecule has 1 heterocycles. The number of nitrogens with one attached hydrogen (secondary N) is 1. The monoisotopic (exact) mass is 239 g/mol. The fraction of sp³-hybridized carbons (Fsp3) is 0.200. The van der Waals surface area contributed by atoms with Crippen molar-refractivity contribution in [2.24, 2.45) is 0 Å². The van der Waals surface area contributed by atoms with Crippen molar-refractivity contribution in [1.29, 1.82) is 0 Å². The van der Waals surface area contributed by atoms with Crippen LogP contribution >= 0.6 is 23.3 Å². The molecule has 1 aromatic carbocycles. The molecule has 0 fully saturated rings. The first-order valence-corrected chi connectivity index (χ1v) is 5.60. The van der Waals surface area contributed by atoms with Gasteiger partial charge in [0.1, 0.15) is 5.69 Å². The van der Waals surface area contributed by atoms with E-state index in [-0.39, 0.29) is 0 Å². The Morgan fingerprint density at radius 2 is 2.13 bits per heavy atom. The maximum Gasteiger partial charge on any atom is 0.167 e. The van der Waals surface area contributed by atoms with Crippen LogP contribution in [0.25, 0.3) is 11.3 Å². The zero-order valence-electron chi connectivity index (χ0n) is 8.41. The van der Waals surface area contributed by atoms with E-state index in [4.69, 9.17) is 11.6 Å². The van der Waals surface area contributed by atoms with Crippen molar-refractivity contribution >= 4 is 29.1 Å². The zero-order chi connectivity index (χ0) is 10.8. The van der Waals surface area contributed by atoms with Crippen molar-refractivity contribution < 1.29 is 0 Å². The first-order valence-electron chi connectivity index (χ1n) is 4.49. The summed E-state index contributed by atoms with van der Waals surface area (Å²) >= 11 is 7.25. The lowest BCUT2D eigenvalue weighted by molar-refractivity contribution is 1.39. The highest BCUT2D eigenvalue weighted by atomic mass is 35.5. The molecule has 0 aliphatic carbocycles. The van der Waals surface area contributed by atoms with E-state index in [9.17, 15) is 0 Å². The Morgan fingerprint density at radius 1 is 1.33 bits per heavy atom. The lowest BCUT2D eigenvalue weighted by Crippen LogP contribution is -1.91. The Morgan fingerprint density at radius 3 is 2.80 bits per heavy atom. The lowest BCUT2D eigenvalue weighted by Gasteiger charge is -2.02. The first kappa shape index (κ1) is 10.4. The van der Waals surface area contributed by atoms with Crippen LogP contribution < -0.4 is 5.32 Å². The van der Waals surface area contributed by atoms with Crippen LogP contribution in [-0.2, 0) is 0 Å². The van der Waals surface area contributed by atoms with E-state index >= 15 is 0 Å². The molecule has 0 saturated heterocycles. The molecule has 0 aliphatic heterocycles. The van der Waals surface area contributed by atoms with Crippen molar-refractivity contribution in [3.63, 3.8) is 0 Å². The number of rotatable bonds is 2. The molecule has 0 saturated carbocycles. The van der Waals surface area contributed by atoms with Crippen LogP contribution in [0.1, 0.15) is 5.56 Å². The van der Waals surface area contributed by atoms with E-state index in [0.717, 1.165) is 27.7 Å². The third-order valence-corrected chi connectivity index (χ3v) is 3.11. The normalized spacial score (nSPS) is 10.3. The molecule has 0 atom stereocenters. The second-order valence-corrected chi connectivity index (χ2v) is 4.11. The number of aryl methyl sites for hydroxylation is 1. The molecule has 0 unspecified atom stereocenters. The van der Waals surface area contributed by atoms with Gasteiger partial charge in [-0.3, -0.25) is 0 Å². The Kier molecular flexibility index (Phi) is 2.88. The smallest absolute Gasteiger partial charge is 0.167 e. The fourth-order valence-corrected chi connectivity index (χ4v) is 2.04. The summed E-state index contributed by atoms with van der Waals surface area (Å²) in [5, 5.41) is 3.75. The number of hydrogen-bond acceptors (Lipinski definition) is 4. The van der Waals surface area contributed by atoms with E-state index in [1.165, 1.54) is 11.7 Å². The first-order chi connectivity index (χ1) is 7.22. The number of hydrogen-bond donors (Lipinski definition) is 1. The van der Waals surface area contributed by atoms with Gasteiger partial charge < -0.3 is 5.32 Å². The molecule has 0 amide bonds. The Balaban J connectivity index is 2.50. The fourth-order valence-electron chi connectivity index (χ4n) is 1.28. The second-order valence-electron chi connectivity index (χ2n) is 3.18. The molecule has 0 radical (unpaired) electrons. The molecular weight excluding hydrogens is 230 g/mol. The van der Waals surface area contributed by atoms with Gasteiger partial charge >= 0.3 is 0 Å². The minimum Gasteiger partial charge on any atom is -0.370 e. The molecule has 3 nitrogen and oxygen atoms in total. The molecular formula is C10H10ClN3S. The van der Waals surface area contributed by atoms with Crippen LogP contribution in [0.15, 0.2) is 18.2 Å². The molecule has 0 aliphatic rings.